The number of thiazole rings is 1. The second-order valence-corrected chi connectivity index (χ2v) is 15.8. The summed E-state index contributed by atoms with van der Waals surface area (Å²) < 4.78 is 30.1. The van der Waals surface area contributed by atoms with Crippen LogP contribution in [0.15, 0.2) is 0 Å². The zero-order valence-electron chi connectivity index (χ0n) is 21.3. The Kier molecular flexibility index (Phi) is 6.99. The van der Waals surface area contributed by atoms with Crippen molar-refractivity contribution in [3.05, 3.63) is 15.6 Å². The fourth-order valence-electron chi connectivity index (χ4n) is 6.29. The highest BCUT2D eigenvalue weighted by molar-refractivity contribution is 7.92. The van der Waals surface area contributed by atoms with Crippen LogP contribution in [0.4, 0.5) is 0 Å². The van der Waals surface area contributed by atoms with Crippen molar-refractivity contribution in [1.82, 2.24) is 9.88 Å². The van der Waals surface area contributed by atoms with E-state index in [0.29, 0.717) is 31.3 Å². The molecule has 9 heteroatoms. The van der Waals surface area contributed by atoms with Crippen LogP contribution in [0.2, 0.25) is 0 Å². The largest absolute Gasteiger partial charge is 0.392 e. The van der Waals surface area contributed by atoms with Gasteiger partial charge in [-0.1, -0.05) is 20.8 Å². The maximum Gasteiger partial charge on any atom is 0.225 e. The number of aromatic nitrogens is 1. The van der Waals surface area contributed by atoms with E-state index in [1.807, 2.05) is 11.8 Å². The van der Waals surface area contributed by atoms with Gasteiger partial charge in [0.05, 0.1) is 29.8 Å². The molecule has 7 nitrogen and oxygen atoms in total. The predicted octanol–water partition coefficient (Wildman–Crippen LogP) is 3.40. The van der Waals surface area contributed by atoms with E-state index in [4.69, 9.17) is 9.72 Å². The first kappa shape index (κ1) is 26.0. The van der Waals surface area contributed by atoms with E-state index in [-0.39, 0.29) is 40.7 Å². The van der Waals surface area contributed by atoms with Gasteiger partial charge >= 0.3 is 0 Å². The molecule has 0 radical (unpaired) electrons. The van der Waals surface area contributed by atoms with Gasteiger partial charge in [0, 0.05) is 29.8 Å². The molecule has 1 N–H and O–H groups in total. The summed E-state index contributed by atoms with van der Waals surface area (Å²) in [6.45, 7) is 13.9. The number of carbonyl (C=O) groups is 1. The lowest BCUT2D eigenvalue weighted by atomic mass is 9.53. The third kappa shape index (κ3) is 4.58. The monoisotopic (exact) mass is 512 g/mol. The van der Waals surface area contributed by atoms with E-state index >= 15 is 0 Å². The number of ether oxygens (including phenoxy) is 1. The zero-order valence-corrected chi connectivity index (χ0v) is 23.0. The average molecular weight is 513 g/mol. The molecule has 192 valence electrons. The van der Waals surface area contributed by atoms with E-state index in [1.54, 1.807) is 20.8 Å². The number of aliphatic hydroxyl groups excluding tert-OH is 1. The number of hydrogen-bond donors (Lipinski definition) is 1. The summed E-state index contributed by atoms with van der Waals surface area (Å²) in [4.78, 5) is 21.0. The lowest BCUT2D eigenvalue weighted by molar-refractivity contribution is -0.148. The highest BCUT2D eigenvalue weighted by Crippen LogP contribution is 2.57. The molecule has 34 heavy (non-hydrogen) atoms. The van der Waals surface area contributed by atoms with Crippen LogP contribution in [0, 0.1) is 23.2 Å². The first-order valence-electron chi connectivity index (χ1n) is 12.5. The van der Waals surface area contributed by atoms with E-state index in [9.17, 15) is 18.3 Å². The smallest absolute Gasteiger partial charge is 0.225 e. The maximum absolute atomic E-state index is 13.2. The second-order valence-electron chi connectivity index (χ2n) is 11.9. The number of morpholine rings is 1. The predicted molar refractivity (Wildman–Crippen MR) is 134 cm³/mol. The molecule has 2 heterocycles. The Labute approximate surface area is 208 Å². The number of sulfone groups is 1. The molecule has 2 fully saturated rings. The first-order chi connectivity index (χ1) is 15.7. The number of rotatable bonds is 4. The van der Waals surface area contributed by atoms with Crippen molar-refractivity contribution in [1.29, 1.82) is 0 Å². The lowest BCUT2D eigenvalue weighted by Gasteiger charge is -2.53. The molecular weight excluding hydrogens is 472 g/mol. The van der Waals surface area contributed by atoms with E-state index in [2.05, 4.69) is 13.8 Å². The molecule has 4 rings (SSSR count). The quantitative estimate of drug-likeness (QED) is 0.664. The van der Waals surface area contributed by atoms with Gasteiger partial charge in [-0.3, -0.25) is 4.79 Å². The number of nitrogens with zero attached hydrogens (tertiary/aromatic N) is 2. The van der Waals surface area contributed by atoms with Crippen LogP contribution in [0.1, 0.15) is 75.9 Å². The van der Waals surface area contributed by atoms with E-state index in [1.165, 1.54) is 11.3 Å². The Hall–Kier alpha value is -1.03. The lowest BCUT2D eigenvalue weighted by Crippen LogP contribution is -2.54. The zero-order chi connectivity index (χ0) is 25.1. The van der Waals surface area contributed by atoms with Gasteiger partial charge in [0.15, 0.2) is 9.84 Å². The summed E-state index contributed by atoms with van der Waals surface area (Å²) in [6, 6.07) is 0. The molecule has 1 saturated heterocycles. The van der Waals surface area contributed by atoms with Crippen molar-refractivity contribution < 1.29 is 23.1 Å². The van der Waals surface area contributed by atoms with Crippen molar-refractivity contribution in [2.75, 3.05) is 26.3 Å². The summed E-state index contributed by atoms with van der Waals surface area (Å²) in [7, 11) is -3.31. The van der Waals surface area contributed by atoms with Gasteiger partial charge in [0.1, 0.15) is 10.8 Å². The van der Waals surface area contributed by atoms with Gasteiger partial charge in [0.2, 0.25) is 5.91 Å². The van der Waals surface area contributed by atoms with Crippen LogP contribution >= 0.6 is 11.3 Å². The third-order valence-corrected chi connectivity index (χ3v) is 12.3. The minimum atomic E-state index is -3.31. The van der Waals surface area contributed by atoms with Gasteiger partial charge in [-0.25, -0.2) is 13.4 Å². The fraction of sp³-hybridized carbons (Fsp3) is 0.840. The maximum atomic E-state index is 13.2. The Morgan fingerprint density at radius 1 is 1.32 bits per heavy atom. The summed E-state index contributed by atoms with van der Waals surface area (Å²) in [6.07, 6.45) is 1.97. The molecule has 0 bridgehead atoms. The van der Waals surface area contributed by atoms with Gasteiger partial charge in [0.25, 0.3) is 0 Å². The normalized spacial score (nSPS) is 33.2. The number of fused-ring (bicyclic) bond motifs is 2. The van der Waals surface area contributed by atoms with Crippen LogP contribution in [0.25, 0.3) is 0 Å². The van der Waals surface area contributed by atoms with Crippen LogP contribution in [-0.2, 0) is 31.5 Å². The summed E-state index contributed by atoms with van der Waals surface area (Å²) in [5.74, 6) is -0.250. The molecular formula is C25H40N2O5S2. The molecule has 1 aromatic rings. The minimum absolute atomic E-state index is 0.00661. The third-order valence-electron chi connectivity index (χ3n) is 8.57. The van der Waals surface area contributed by atoms with Gasteiger partial charge in [-0.2, -0.15) is 0 Å². The molecule has 0 spiro atoms. The average Bonchev–Trinajstić information content (AvgIpc) is 3.14. The molecule has 1 amide bonds. The molecule has 1 aromatic heterocycles. The Morgan fingerprint density at radius 3 is 2.59 bits per heavy atom. The van der Waals surface area contributed by atoms with Gasteiger partial charge in [-0.15, -0.1) is 11.3 Å². The summed E-state index contributed by atoms with van der Waals surface area (Å²) >= 11 is 1.52. The van der Waals surface area contributed by atoms with Crippen molar-refractivity contribution in [3.63, 3.8) is 0 Å². The minimum Gasteiger partial charge on any atom is -0.392 e. The van der Waals surface area contributed by atoms with E-state index < -0.39 is 20.7 Å². The van der Waals surface area contributed by atoms with Crippen LogP contribution in [-0.4, -0.2) is 66.5 Å². The molecule has 1 aliphatic heterocycles. The topological polar surface area (TPSA) is 96.8 Å². The number of hydrogen-bond acceptors (Lipinski definition) is 7. The number of amides is 1. The van der Waals surface area contributed by atoms with Crippen LogP contribution in [0.3, 0.4) is 0 Å². The Bertz CT molecular complexity index is 1020. The van der Waals surface area contributed by atoms with Crippen molar-refractivity contribution >= 4 is 27.1 Å². The number of carbonyl (C=O) groups excluding carboxylic acids is 1. The first-order valence-corrected chi connectivity index (χ1v) is 15.0. The number of aliphatic hydroxyl groups is 1. The van der Waals surface area contributed by atoms with Crippen molar-refractivity contribution in [2.45, 2.75) is 83.3 Å². The summed E-state index contributed by atoms with van der Waals surface area (Å²) in [5, 5.41) is 12.3. The Balaban J connectivity index is 1.56. The molecule has 1 saturated carbocycles. The molecule has 0 aromatic carbocycles. The van der Waals surface area contributed by atoms with Crippen molar-refractivity contribution in [3.8, 4) is 0 Å². The van der Waals surface area contributed by atoms with Crippen molar-refractivity contribution in [2.24, 2.45) is 23.2 Å². The summed E-state index contributed by atoms with van der Waals surface area (Å²) in [5.41, 5.74) is 0.856. The Morgan fingerprint density at radius 2 is 1.97 bits per heavy atom. The van der Waals surface area contributed by atoms with Crippen LogP contribution in [0.5, 0.6) is 0 Å². The highest BCUT2D eigenvalue weighted by Gasteiger charge is 2.54. The standard InChI is InChI=1S/C25H40N2O5S2/c1-15(23(29)27-9-11-32-12-10-27)17-7-8-25(6)13-18-21(16(2)20(25)22(17)28)26-19(33-18)14-34(30,31)24(3,4)5/h15-17,20,22,28H,7-14H2,1-6H3. The fourth-order valence-corrected chi connectivity index (χ4v) is 8.98. The molecule has 2 aliphatic carbocycles. The molecule has 6 unspecified atom stereocenters. The second kappa shape index (κ2) is 9.12. The molecule has 3 aliphatic rings. The van der Waals surface area contributed by atoms with E-state index in [0.717, 1.165) is 29.8 Å². The van der Waals surface area contributed by atoms with Crippen LogP contribution < -0.4 is 0 Å². The highest BCUT2D eigenvalue weighted by atomic mass is 32.2. The van der Waals surface area contributed by atoms with Gasteiger partial charge in [-0.05, 0) is 57.3 Å². The molecule has 6 atom stereocenters. The SMILES string of the molecule is CC(C(=O)N1CCOCC1)C1CCC2(C)Cc3sc(CS(=O)(=O)C(C)(C)C)nc3C(C)C2C1O. The van der Waals surface area contributed by atoms with Gasteiger partial charge < -0.3 is 14.7 Å².